The summed E-state index contributed by atoms with van der Waals surface area (Å²) in [5, 5.41) is 24.3. The molecular weight excluding hydrogens is 526 g/mol. The van der Waals surface area contributed by atoms with Gasteiger partial charge in [0.15, 0.2) is 5.71 Å². The van der Waals surface area contributed by atoms with Crippen molar-refractivity contribution < 1.29 is 32.4 Å². The summed E-state index contributed by atoms with van der Waals surface area (Å²) in [5.74, 6) is -0.729. The van der Waals surface area contributed by atoms with Crippen LogP contribution in [0.15, 0.2) is 74.8 Å². The van der Waals surface area contributed by atoms with Crippen molar-refractivity contribution in [2.75, 3.05) is 17.9 Å². The molecule has 0 fully saturated rings. The Hall–Kier alpha value is -4.88. The molecule has 13 heteroatoms. The van der Waals surface area contributed by atoms with Gasteiger partial charge in [-0.3, -0.25) is 19.6 Å². The topological polar surface area (TPSA) is 179 Å². The standard InChI is InChI=1S/C26H23N5O7S/c1-14-10-22(23(38-3)13-21(14)29-28-17-4-7-19(33)8-5-17)30-31-25-24(39(35,36)37)12-16-11-18(27-15(2)32)6-9-20(16)26(25)34/h4-13,30,33H,1-3H3,(H,27,32)(H,35,36,37)/b29-28+,31-25-. The van der Waals surface area contributed by atoms with Gasteiger partial charge in [-0.25, -0.2) is 0 Å². The predicted molar refractivity (Wildman–Crippen MR) is 146 cm³/mol. The molecule has 1 amide bonds. The van der Waals surface area contributed by atoms with Crippen molar-refractivity contribution in [1.29, 1.82) is 0 Å². The van der Waals surface area contributed by atoms with E-state index in [9.17, 15) is 27.7 Å². The highest BCUT2D eigenvalue weighted by molar-refractivity contribution is 7.91. The maximum Gasteiger partial charge on any atom is 0.296 e. The maximum atomic E-state index is 13.2. The highest BCUT2D eigenvalue weighted by atomic mass is 32.2. The molecule has 0 saturated carbocycles. The number of hydrogen-bond donors (Lipinski definition) is 4. The second-order valence-corrected chi connectivity index (χ2v) is 9.81. The zero-order valence-corrected chi connectivity index (χ0v) is 21.8. The van der Waals surface area contributed by atoms with Crippen molar-refractivity contribution in [3.8, 4) is 11.5 Å². The summed E-state index contributed by atoms with van der Waals surface area (Å²) in [6, 6.07) is 13.7. The van der Waals surface area contributed by atoms with E-state index in [1.54, 1.807) is 31.2 Å². The highest BCUT2D eigenvalue weighted by Gasteiger charge is 2.33. The number of ketones is 1. The van der Waals surface area contributed by atoms with Crippen LogP contribution in [0.3, 0.4) is 0 Å². The second kappa shape index (κ2) is 10.8. The number of hydrogen-bond acceptors (Lipinski definition) is 10. The fraction of sp³-hybridized carbons (Fsp3) is 0.115. The molecule has 0 bridgehead atoms. The van der Waals surface area contributed by atoms with E-state index < -0.39 is 26.5 Å². The molecule has 3 aromatic carbocycles. The number of rotatable bonds is 7. The number of amides is 1. The Morgan fingerprint density at radius 3 is 2.38 bits per heavy atom. The van der Waals surface area contributed by atoms with E-state index in [2.05, 4.69) is 26.1 Å². The van der Waals surface area contributed by atoms with Crippen molar-refractivity contribution in [2.24, 2.45) is 15.3 Å². The number of azo groups is 1. The molecule has 0 aliphatic heterocycles. The molecule has 4 rings (SSSR count). The number of nitrogens with one attached hydrogen (secondary N) is 2. The average molecular weight is 550 g/mol. The minimum Gasteiger partial charge on any atom is -0.508 e. The van der Waals surface area contributed by atoms with Gasteiger partial charge in [0.2, 0.25) is 11.7 Å². The van der Waals surface area contributed by atoms with Gasteiger partial charge in [0.05, 0.1) is 24.2 Å². The van der Waals surface area contributed by atoms with Gasteiger partial charge in [-0.15, -0.1) is 0 Å². The highest BCUT2D eigenvalue weighted by Crippen LogP contribution is 2.35. The molecular formula is C26H23N5O7S. The third kappa shape index (κ3) is 6.17. The Kier molecular flexibility index (Phi) is 7.56. The fourth-order valence-corrected chi connectivity index (χ4v) is 4.37. The first-order valence-corrected chi connectivity index (χ1v) is 12.8. The van der Waals surface area contributed by atoms with Crippen LogP contribution in [0.4, 0.5) is 22.7 Å². The molecule has 4 N–H and O–H groups in total. The third-order valence-electron chi connectivity index (χ3n) is 5.56. The van der Waals surface area contributed by atoms with E-state index >= 15 is 0 Å². The predicted octanol–water partition coefficient (Wildman–Crippen LogP) is 4.98. The number of ether oxygens (including phenoxy) is 1. The molecule has 0 radical (unpaired) electrons. The average Bonchev–Trinajstić information content (AvgIpc) is 2.87. The molecule has 0 heterocycles. The zero-order valence-electron chi connectivity index (χ0n) is 21.0. The lowest BCUT2D eigenvalue weighted by Crippen LogP contribution is -2.27. The largest absolute Gasteiger partial charge is 0.508 e. The first kappa shape index (κ1) is 27.2. The molecule has 12 nitrogen and oxygen atoms in total. The normalized spacial score (nSPS) is 14.2. The number of methoxy groups -OCH3 is 1. The van der Waals surface area contributed by atoms with Crippen LogP contribution in [0, 0.1) is 6.92 Å². The number of aromatic hydroxyl groups is 1. The number of aryl methyl sites for hydroxylation is 1. The Bertz CT molecular complexity index is 1680. The molecule has 200 valence electrons. The molecule has 1 aliphatic carbocycles. The van der Waals surface area contributed by atoms with Crippen molar-refractivity contribution in [3.63, 3.8) is 0 Å². The van der Waals surface area contributed by atoms with Crippen molar-refractivity contribution >= 4 is 56.3 Å². The molecule has 0 spiro atoms. The summed E-state index contributed by atoms with van der Waals surface area (Å²) in [5.41, 5.74) is 4.71. The van der Waals surface area contributed by atoms with Gasteiger partial charge in [-0.1, -0.05) is 0 Å². The number of phenolic OH excluding ortho intramolecular Hbond substituents is 1. The lowest BCUT2D eigenvalue weighted by molar-refractivity contribution is -0.114. The number of allylic oxidation sites excluding steroid dienone is 1. The monoisotopic (exact) mass is 549 g/mol. The zero-order chi connectivity index (χ0) is 28.3. The van der Waals surface area contributed by atoms with E-state index in [0.29, 0.717) is 28.3 Å². The summed E-state index contributed by atoms with van der Waals surface area (Å²) in [6.45, 7) is 3.06. The minimum atomic E-state index is -4.85. The number of hydrazone groups is 1. The van der Waals surface area contributed by atoms with Gasteiger partial charge in [0.25, 0.3) is 10.1 Å². The number of carbonyl (C=O) groups excluding carboxylic acids is 2. The summed E-state index contributed by atoms with van der Waals surface area (Å²) in [4.78, 5) is 23.9. The van der Waals surface area contributed by atoms with E-state index in [-0.39, 0.29) is 28.5 Å². The van der Waals surface area contributed by atoms with E-state index in [1.165, 1.54) is 44.4 Å². The van der Waals surface area contributed by atoms with Crippen LogP contribution in [-0.2, 0) is 14.9 Å². The Labute approximate surface area is 223 Å². The number of fused-ring (bicyclic) bond motifs is 1. The summed E-state index contributed by atoms with van der Waals surface area (Å²) < 4.78 is 39.5. The number of anilines is 2. The summed E-state index contributed by atoms with van der Waals surface area (Å²) in [6.07, 6.45) is 1.10. The van der Waals surface area contributed by atoms with E-state index in [4.69, 9.17) is 4.74 Å². The number of carbonyl (C=O) groups is 2. The molecule has 1 aliphatic rings. The number of benzene rings is 3. The molecule has 0 aromatic heterocycles. The smallest absolute Gasteiger partial charge is 0.296 e. The quantitative estimate of drug-likeness (QED) is 0.181. The molecule has 0 atom stereocenters. The van der Waals surface area contributed by atoms with Gasteiger partial charge >= 0.3 is 0 Å². The van der Waals surface area contributed by atoms with E-state index in [1.807, 2.05) is 0 Å². The van der Waals surface area contributed by atoms with Crippen LogP contribution in [-0.4, -0.2) is 42.6 Å². The second-order valence-electron chi connectivity index (χ2n) is 8.42. The Morgan fingerprint density at radius 1 is 1.03 bits per heavy atom. The first-order valence-electron chi connectivity index (χ1n) is 11.4. The van der Waals surface area contributed by atoms with Crippen LogP contribution in [0.25, 0.3) is 6.08 Å². The van der Waals surface area contributed by atoms with Crippen LogP contribution in [0.5, 0.6) is 11.5 Å². The van der Waals surface area contributed by atoms with Gasteiger partial charge in [-0.05, 0) is 72.7 Å². The third-order valence-corrected chi connectivity index (χ3v) is 6.43. The lowest BCUT2D eigenvalue weighted by atomic mass is 9.94. The molecule has 0 saturated heterocycles. The van der Waals surface area contributed by atoms with Crippen LogP contribution in [0.1, 0.15) is 28.4 Å². The van der Waals surface area contributed by atoms with Gasteiger partial charge in [0, 0.05) is 24.2 Å². The van der Waals surface area contributed by atoms with Gasteiger partial charge in [0.1, 0.15) is 16.4 Å². The van der Waals surface area contributed by atoms with Crippen molar-refractivity contribution in [2.45, 2.75) is 13.8 Å². The maximum absolute atomic E-state index is 13.2. The SMILES string of the molecule is COc1cc(/N=N/c2ccc(O)cc2)c(C)cc1N/N=C1\C(=O)c2ccc(NC(C)=O)cc2C=C1S(=O)(=O)O. The summed E-state index contributed by atoms with van der Waals surface area (Å²) in [7, 11) is -3.45. The van der Waals surface area contributed by atoms with Gasteiger partial charge < -0.3 is 15.2 Å². The fourth-order valence-electron chi connectivity index (χ4n) is 3.71. The Balaban J connectivity index is 1.68. The van der Waals surface area contributed by atoms with Crippen LogP contribution in [0.2, 0.25) is 0 Å². The number of phenols is 1. The molecule has 3 aromatic rings. The Morgan fingerprint density at radius 2 is 1.74 bits per heavy atom. The first-order chi connectivity index (χ1) is 18.5. The lowest BCUT2D eigenvalue weighted by Gasteiger charge is -2.18. The van der Waals surface area contributed by atoms with Crippen molar-refractivity contribution in [1.82, 2.24) is 0 Å². The van der Waals surface area contributed by atoms with E-state index in [0.717, 1.165) is 6.08 Å². The minimum absolute atomic E-state index is 0.102. The van der Waals surface area contributed by atoms with Crippen LogP contribution < -0.4 is 15.5 Å². The summed E-state index contributed by atoms with van der Waals surface area (Å²) >= 11 is 0. The number of Topliss-reactive ketones (excluding diaryl/α,β-unsaturated/α-hetero) is 1. The molecule has 39 heavy (non-hydrogen) atoms. The van der Waals surface area contributed by atoms with Gasteiger partial charge in [-0.2, -0.15) is 23.7 Å². The van der Waals surface area contributed by atoms with Crippen LogP contribution >= 0.6 is 0 Å². The van der Waals surface area contributed by atoms with Crippen molar-refractivity contribution in [3.05, 3.63) is 76.2 Å². The molecule has 0 unspecified atom stereocenters. The number of nitrogens with zero attached hydrogens (tertiary/aromatic N) is 3.